The Morgan fingerprint density at radius 2 is 2.00 bits per heavy atom. The fourth-order valence-corrected chi connectivity index (χ4v) is 4.58. The molecule has 0 radical (unpaired) electrons. The molecule has 152 valence electrons. The van der Waals surface area contributed by atoms with E-state index in [9.17, 15) is 17.2 Å². The Morgan fingerprint density at radius 3 is 2.68 bits per heavy atom. The van der Waals surface area contributed by atoms with Crippen LogP contribution in [-0.2, 0) is 15.8 Å². The normalized spacial score (nSPS) is 18.1. The Labute approximate surface area is 163 Å². The summed E-state index contributed by atoms with van der Waals surface area (Å²) in [6.45, 7) is 0.431. The first-order chi connectivity index (χ1) is 13.2. The van der Waals surface area contributed by atoms with E-state index >= 15 is 0 Å². The molecule has 1 unspecified atom stereocenters. The zero-order chi connectivity index (χ0) is 20.3. The lowest BCUT2D eigenvalue weighted by atomic mass is 10.1. The van der Waals surface area contributed by atoms with Crippen LogP contribution < -0.4 is 9.64 Å². The molecule has 2 heterocycles. The van der Waals surface area contributed by atoms with Crippen molar-refractivity contribution in [2.45, 2.75) is 24.7 Å². The molecule has 0 bridgehead atoms. The van der Waals surface area contributed by atoms with Crippen LogP contribution >= 0.6 is 0 Å². The van der Waals surface area contributed by atoms with Crippen LogP contribution in [0, 0.1) is 11.6 Å². The lowest BCUT2D eigenvalue weighted by Gasteiger charge is -2.31. The molecule has 1 aliphatic heterocycles. The monoisotopic (exact) mass is 412 g/mol. The second kappa shape index (κ2) is 8.36. The minimum atomic E-state index is -3.81. The second-order valence-corrected chi connectivity index (χ2v) is 8.83. The molecular weight excluding hydrogens is 390 g/mol. The number of halogens is 2. The van der Waals surface area contributed by atoms with E-state index in [0.29, 0.717) is 31.1 Å². The molecule has 0 saturated carbocycles. The van der Waals surface area contributed by atoms with E-state index in [4.69, 9.17) is 4.74 Å². The van der Waals surface area contributed by atoms with Crippen molar-refractivity contribution in [2.75, 3.05) is 32.1 Å². The van der Waals surface area contributed by atoms with E-state index in [2.05, 4.69) is 10.2 Å². The van der Waals surface area contributed by atoms with Crippen LogP contribution in [0.4, 0.5) is 14.6 Å². The van der Waals surface area contributed by atoms with Gasteiger partial charge in [0.2, 0.25) is 15.9 Å². The number of nitrogens with zero attached hydrogens (tertiary/aromatic N) is 4. The average molecular weight is 412 g/mol. The van der Waals surface area contributed by atoms with E-state index in [0.717, 1.165) is 18.2 Å². The van der Waals surface area contributed by atoms with Gasteiger partial charge in [-0.05, 0) is 37.1 Å². The summed E-state index contributed by atoms with van der Waals surface area (Å²) in [6, 6.07) is 6.23. The van der Waals surface area contributed by atoms with Gasteiger partial charge in [0.1, 0.15) is 17.7 Å². The number of piperidine rings is 1. The molecule has 28 heavy (non-hydrogen) atoms. The third-order valence-corrected chi connectivity index (χ3v) is 6.25. The van der Waals surface area contributed by atoms with Gasteiger partial charge in [0.25, 0.3) is 0 Å². The largest absolute Gasteiger partial charge is 0.472 e. The van der Waals surface area contributed by atoms with E-state index in [1.807, 2.05) is 14.1 Å². The average Bonchev–Trinajstić information content (AvgIpc) is 2.65. The van der Waals surface area contributed by atoms with Crippen molar-refractivity contribution in [2.24, 2.45) is 0 Å². The highest BCUT2D eigenvalue weighted by molar-refractivity contribution is 7.88. The van der Waals surface area contributed by atoms with Gasteiger partial charge in [-0.1, -0.05) is 0 Å². The SMILES string of the molecule is CN(C)c1ccc(OC2CCCN(S(=O)(=O)Cc3cc(F)ccc3F)C2)nn1. The molecule has 3 rings (SSSR count). The van der Waals surface area contributed by atoms with Crippen LogP contribution in [0.1, 0.15) is 18.4 Å². The smallest absolute Gasteiger partial charge is 0.233 e. The van der Waals surface area contributed by atoms with Gasteiger partial charge >= 0.3 is 0 Å². The van der Waals surface area contributed by atoms with Gasteiger partial charge < -0.3 is 9.64 Å². The maximum atomic E-state index is 13.8. The van der Waals surface area contributed by atoms with Crippen LogP contribution in [-0.4, -0.2) is 56.2 Å². The van der Waals surface area contributed by atoms with Crippen molar-refractivity contribution < 1.29 is 21.9 Å². The summed E-state index contributed by atoms with van der Waals surface area (Å²) in [5.41, 5.74) is -0.187. The summed E-state index contributed by atoms with van der Waals surface area (Å²) in [4.78, 5) is 1.80. The van der Waals surface area contributed by atoms with Gasteiger partial charge in [0.15, 0.2) is 5.82 Å². The summed E-state index contributed by atoms with van der Waals surface area (Å²) in [5, 5.41) is 8.02. The Kier molecular flexibility index (Phi) is 6.09. The number of ether oxygens (including phenoxy) is 1. The maximum absolute atomic E-state index is 13.8. The Balaban J connectivity index is 1.67. The molecule has 0 spiro atoms. The summed E-state index contributed by atoms with van der Waals surface area (Å²) in [7, 11) is -0.129. The number of aromatic nitrogens is 2. The fourth-order valence-electron chi connectivity index (χ4n) is 2.98. The molecule has 1 aromatic heterocycles. The fraction of sp³-hybridized carbons (Fsp3) is 0.444. The van der Waals surface area contributed by atoms with E-state index in [-0.39, 0.29) is 18.2 Å². The second-order valence-electron chi connectivity index (χ2n) is 6.86. The minimum Gasteiger partial charge on any atom is -0.472 e. The molecule has 1 aromatic carbocycles. The number of benzene rings is 1. The predicted octanol–water partition coefficient (Wildman–Crippen LogP) is 2.19. The van der Waals surface area contributed by atoms with E-state index in [1.54, 1.807) is 17.0 Å². The summed E-state index contributed by atoms with van der Waals surface area (Å²) >= 11 is 0. The van der Waals surface area contributed by atoms with Crippen molar-refractivity contribution in [3.8, 4) is 5.88 Å². The van der Waals surface area contributed by atoms with Gasteiger partial charge in [-0.25, -0.2) is 17.2 Å². The van der Waals surface area contributed by atoms with Crippen molar-refractivity contribution in [1.82, 2.24) is 14.5 Å². The first-order valence-electron chi connectivity index (χ1n) is 8.84. The van der Waals surface area contributed by atoms with Gasteiger partial charge in [-0.3, -0.25) is 0 Å². The maximum Gasteiger partial charge on any atom is 0.233 e. The molecule has 1 fully saturated rings. The van der Waals surface area contributed by atoms with Crippen LogP contribution in [0.25, 0.3) is 0 Å². The third kappa shape index (κ3) is 4.93. The standard InChI is InChI=1S/C18H22F2N4O3S/c1-23(2)17-7-8-18(22-21-17)27-15-4-3-9-24(11-15)28(25,26)12-13-10-14(19)5-6-16(13)20/h5-8,10,15H,3-4,9,11-12H2,1-2H3. The molecule has 0 amide bonds. The highest BCUT2D eigenvalue weighted by atomic mass is 32.2. The quantitative estimate of drug-likeness (QED) is 0.724. The summed E-state index contributed by atoms with van der Waals surface area (Å²) in [5.74, 6) is -1.03. The zero-order valence-corrected chi connectivity index (χ0v) is 16.5. The number of sulfonamides is 1. The first-order valence-corrected chi connectivity index (χ1v) is 10.4. The molecule has 0 N–H and O–H groups in total. The van der Waals surface area contributed by atoms with Crippen molar-refractivity contribution in [3.63, 3.8) is 0 Å². The predicted molar refractivity (Wildman–Crippen MR) is 101 cm³/mol. The van der Waals surface area contributed by atoms with Crippen LogP contribution in [0.15, 0.2) is 30.3 Å². The first kappa shape index (κ1) is 20.4. The Bertz CT molecular complexity index is 923. The van der Waals surface area contributed by atoms with Crippen molar-refractivity contribution in [1.29, 1.82) is 0 Å². The lowest BCUT2D eigenvalue weighted by Crippen LogP contribution is -2.44. The number of hydrogen-bond donors (Lipinski definition) is 0. The van der Waals surface area contributed by atoms with Crippen LogP contribution in [0.2, 0.25) is 0 Å². The molecule has 1 saturated heterocycles. The Morgan fingerprint density at radius 1 is 1.21 bits per heavy atom. The van der Waals surface area contributed by atoms with Gasteiger partial charge in [-0.15, -0.1) is 10.2 Å². The van der Waals surface area contributed by atoms with Crippen molar-refractivity contribution >= 4 is 15.8 Å². The number of rotatable bonds is 6. The summed E-state index contributed by atoms with van der Waals surface area (Å²) in [6.07, 6.45) is 0.872. The molecule has 1 aliphatic rings. The van der Waals surface area contributed by atoms with Gasteiger partial charge in [0.05, 0.1) is 12.3 Å². The zero-order valence-electron chi connectivity index (χ0n) is 15.7. The Hall–Kier alpha value is -2.33. The highest BCUT2D eigenvalue weighted by Gasteiger charge is 2.31. The minimum absolute atomic E-state index is 0.121. The van der Waals surface area contributed by atoms with Gasteiger partial charge in [-0.2, -0.15) is 4.31 Å². The van der Waals surface area contributed by atoms with Gasteiger partial charge in [0, 0.05) is 32.3 Å². The molecule has 0 aliphatic carbocycles. The highest BCUT2D eigenvalue weighted by Crippen LogP contribution is 2.22. The van der Waals surface area contributed by atoms with E-state index < -0.39 is 27.4 Å². The lowest BCUT2D eigenvalue weighted by molar-refractivity contribution is 0.123. The van der Waals surface area contributed by atoms with Crippen LogP contribution in [0.5, 0.6) is 5.88 Å². The third-order valence-electron chi connectivity index (χ3n) is 4.45. The molecule has 1 atom stereocenters. The molecule has 7 nitrogen and oxygen atoms in total. The number of anilines is 1. The molecule has 2 aromatic rings. The summed E-state index contributed by atoms with van der Waals surface area (Å²) < 4.78 is 59.6. The molecule has 10 heteroatoms. The number of hydrogen-bond acceptors (Lipinski definition) is 6. The molecular formula is C18H22F2N4O3S. The van der Waals surface area contributed by atoms with Crippen LogP contribution in [0.3, 0.4) is 0 Å². The topological polar surface area (TPSA) is 75.6 Å². The van der Waals surface area contributed by atoms with E-state index in [1.165, 1.54) is 4.31 Å². The van der Waals surface area contributed by atoms with Crippen molar-refractivity contribution in [3.05, 3.63) is 47.5 Å².